The molecule has 66 valence electrons. The lowest BCUT2D eigenvalue weighted by molar-refractivity contribution is -0.118. The first-order valence-corrected chi connectivity index (χ1v) is 4.03. The first kappa shape index (κ1) is 8.77. The molecule has 0 aliphatic carbocycles. The van der Waals surface area contributed by atoms with E-state index in [-0.39, 0.29) is 5.91 Å². The summed E-state index contributed by atoms with van der Waals surface area (Å²) in [5, 5.41) is 4.21. The average molecular weight is 167 g/mol. The van der Waals surface area contributed by atoms with Crippen LogP contribution >= 0.6 is 0 Å². The van der Waals surface area contributed by atoms with Gasteiger partial charge in [-0.25, -0.2) is 0 Å². The highest BCUT2D eigenvalue weighted by Gasteiger charge is 1.98. The normalized spacial score (nSPS) is 10.1. The summed E-state index contributed by atoms with van der Waals surface area (Å²) in [5.41, 5.74) is 6.04. The summed E-state index contributed by atoms with van der Waals surface area (Å²) >= 11 is 0. The molecule has 1 aromatic heterocycles. The highest BCUT2D eigenvalue weighted by atomic mass is 16.1. The number of aromatic nitrogens is 2. The van der Waals surface area contributed by atoms with Crippen LogP contribution in [0.15, 0.2) is 12.3 Å². The Bertz CT molecular complexity index is 267. The summed E-state index contributed by atoms with van der Waals surface area (Å²) in [6.07, 6.45) is 3.14. The quantitative estimate of drug-likeness (QED) is 0.702. The van der Waals surface area contributed by atoms with Crippen LogP contribution in [0.4, 0.5) is 0 Å². The fraction of sp³-hybridized carbons (Fsp3) is 0.500. The first-order chi connectivity index (χ1) is 5.72. The van der Waals surface area contributed by atoms with Gasteiger partial charge in [-0.05, 0) is 12.5 Å². The molecule has 0 saturated carbocycles. The summed E-state index contributed by atoms with van der Waals surface area (Å²) < 4.78 is 1.74. The van der Waals surface area contributed by atoms with Gasteiger partial charge < -0.3 is 5.73 Å². The molecule has 4 nitrogen and oxygen atoms in total. The molecule has 0 radical (unpaired) electrons. The second kappa shape index (κ2) is 3.90. The molecule has 0 aliphatic heterocycles. The molecule has 1 heterocycles. The van der Waals surface area contributed by atoms with Crippen molar-refractivity contribution < 1.29 is 4.79 Å². The maximum Gasteiger partial charge on any atom is 0.219 e. The van der Waals surface area contributed by atoms with Crippen molar-refractivity contribution in [2.45, 2.75) is 26.3 Å². The van der Waals surface area contributed by atoms with E-state index in [0.717, 1.165) is 12.1 Å². The van der Waals surface area contributed by atoms with Crippen molar-refractivity contribution >= 4 is 5.91 Å². The maximum absolute atomic E-state index is 10.4. The number of primary amides is 1. The van der Waals surface area contributed by atoms with E-state index in [1.807, 2.05) is 19.2 Å². The lowest BCUT2D eigenvalue weighted by atomic mass is 10.4. The van der Waals surface area contributed by atoms with Gasteiger partial charge in [-0.15, -0.1) is 0 Å². The fourth-order valence-corrected chi connectivity index (χ4v) is 0.942. The minimum Gasteiger partial charge on any atom is -0.370 e. The molecule has 12 heavy (non-hydrogen) atoms. The molecule has 0 saturated heterocycles. The Kier molecular flexibility index (Phi) is 2.85. The number of hydrogen-bond acceptors (Lipinski definition) is 2. The van der Waals surface area contributed by atoms with E-state index in [1.54, 1.807) is 4.68 Å². The maximum atomic E-state index is 10.4. The number of amides is 1. The Balaban J connectivity index is 2.47. The number of hydrogen-bond donors (Lipinski definition) is 1. The highest BCUT2D eigenvalue weighted by molar-refractivity contribution is 5.73. The van der Waals surface area contributed by atoms with Crippen molar-refractivity contribution in [2.24, 2.45) is 5.73 Å². The molecule has 0 aromatic carbocycles. The monoisotopic (exact) mass is 167 g/mol. The molecule has 0 bridgehead atoms. The third-order valence-electron chi connectivity index (χ3n) is 1.65. The summed E-state index contributed by atoms with van der Waals surface area (Å²) in [5.74, 6) is -0.288. The van der Waals surface area contributed by atoms with Crippen LogP contribution in [0.5, 0.6) is 0 Å². The van der Waals surface area contributed by atoms with E-state index in [4.69, 9.17) is 5.73 Å². The molecule has 0 aliphatic rings. The molecule has 1 aromatic rings. The zero-order chi connectivity index (χ0) is 8.97. The van der Waals surface area contributed by atoms with E-state index >= 15 is 0 Å². The Morgan fingerprint density at radius 1 is 1.75 bits per heavy atom. The van der Waals surface area contributed by atoms with Crippen molar-refractivity contribution in [3.05, 3.63) is 18.0 Å². The summed E-state index contributed by atoms with van der Waals surface area (Å²) in [6.45, 7) is 2.62. The minimum absolute atomic E-state index is 0.288. The van der Waals surface area contributed by atoms with Gasteiger partial charge in [0.15, 0.2) is 0 Å². The van der Waals surface area contributed by atoms with E-state index in [1.165, 1.54) is 0 Å². The first-order valence-electron chi connectivity index (χ1n) is 4.03. The molecule has 1 amide bonds. The molecule has 2 N–H and O–H groups in total. The molecule has 0 atom stereocenters. The average Bonchev–Trinajstić information content (AvgIpc) is 2.48. The van der Waals surface area contributed by atoms with Crippen molar-refractivity contribution in [3.63, 3.8) is 0 Å². The summed E-state index contributed by atoms with van der Waals surface area (Å²) in [6, 6.07) is 1.95. The Morgan fingerprint density at radius 2 is 2.50 bits per heavy atom. The lowest BCUT2D eigenvalue weighted by Gasteiger charge is -1.96. The zero-order valence-corrected chi connectivity index (χ0v) is 7.16. The molecule has 0 fully saturated rings. The minimum atomic E-state index is -0.288. The smallest absolute Gasteiger partial charge is 0.219 e. The molecular formula is C8H13N3O. The van der Waals surface area contributed by atoms with E-state index in [9.17, 15) is 4.79 Å². The second-order valence-corrected chi connectivity index (χ2v) is 2.64. The van der Waals surface area contributed by atoms with Crippen LogP contribution in [0.3, 0.4) is 0 Å². The number of carbonyl (C=O) groups excluding carboxylic acids is 1. The summed E-state index contributed by atoms with van der Waals surface area (Å²) in [7, 11) is 0. The largest absolute Gasteiger partial charge is 0.370 e. The van der Waals surface area contributed by atoms with Crippen molar-refractivity contribution in [2.75, 3.05) is 0 Å². The Labute approximate surface area is 71.4 Å². The van der Waals surface area contributed by atoms with Gasteiger partial charge in [-0.1, -0.05) is 6.92 Å². The van der Waals surface area contributed by atoms with Crippen LogP contribution in [0.1, 0.15) is 19.0 Å². The van der Waals surface area contributed by atoms with E-state index in [2.05, 4.69) is 5.10 Å². The summed E-state index contributed by atoms with van der Waals surface area (Å²) in [4.78, 5) is 10.4. The Hall–Kier alpha value is -1.32. The van der Waals surface area contributed by atoms with Crippen molar-refractivity contribution in [1.29, 1.82) is 0 Å². The van der Waals surface area contributed by atoms with Crippen LogP contribution in [0.2, 0.25) is 0 Å². The third-order valence-corrected chi connectivity index (χ3v) is 1.65. The van der Waals surface area contributed by atoms with Gasteiger partial charge >= 0.3 is 0 Å². The molecular weight excluding hydrogens is 154 g/mol. The number of nitrogens with zero attached hydrogens (tertiary/aromatic N) is 2. The van der Waals surface area contributed by atoms with Crippen molar-refractivity contribution in [1.82, 2.24) is 9.78 Å². The van der Waals surface area contributed by atoms with Gasteiger partial charge in [0.05, 0.1) is 5.69 Å². The zero-order valence-electron chi connectivity index (χ0n) is 7.16. The van der Waals surface area contributed by atoms with Gasteiger partial charge in [0.2, 0.25) is 5.91 Å². The predicted molar refractivity (Wildman–Crippen MR) is 45.4 cm³/mol. The number of rotatable bonds is 4. The molecule has 0 unspecified atom stereocenters. The van der Waals surface area contributed by atoms with Crippen LogP contribution in [0, 0.1) is 0 Å². The molecule has 4 heteroatoms. The number of carbonyl (C=O) groups is 1. The lowest BCUT2D eigenvalue weighted by Crippen LogP contribution is -2.14. The molecule has 0 spiro atoms. The van der Waals surface area contributed by atoms with E-state index < -0.39 is 0 Å². The van der Waals surface area contributed by atoms with Crippen LogP contribution in [-0.2, 0) is 17.8 Å². The fourth-order valence-electron chi connectivity index (χ4n) is 0.942. The van der Waals surface area contributed by atoms with Gasteiger partial charge in [0, 0.05) is 19.2 Å². The van der Waals surface area contributed by atoms with Gasteiger partial charge in [0.25, 0.3) is 0 Å². The van der Waals surface area contributed by atoms with Gasteiger partial charge in [-0.2, -0.15) is 5.10 Å². The highest BCUT2D eigenvalue weighted by Crippen LogP contribution is 1.96. The Morgan fingerprint density at radius 3 is 3.00 bits per heavy atom. The number of nitrogens with two attached hydrogens (primary N) is 1. The SMILES string of the molecule is CCc1ccn(CCC(N)=O)n1. The second-order valence-electron chi connectivity index (χ2n) is 2.64. The number of aryl methyl sites for hydroxylation is 2. The van der Waals surface area contributed by atoms with Crippen LogP contribution < -0.4 is 5.73 Å². The molecule has 1 rings (SSSR count). The van der Waals surface area contributed by atoms with Crippen LogP contribution in [0.25, 0.3) is 0 Å². The van der Waals surface area contributed by atoms with Crippen molar-refractivity contribution in [3.8, 4) is 0 Å². The standard InChI is InChI=1S/C8H13N3O/c1-2-7-3-5-11(10-7)6-4-8(9)12/h3,5H,2,4,6H2,1H3,(H2,9,12). The van der Waals surface area contributed by atoms with Gasteiger partial charge in [0.1, 0.15) is 0 Å². The predicted octanol–water partition coefficient (Wildman–Crippen LogP) is 0.321. The van der Waals surface area contributed by atoms with Crippen LogP contribution in [-0.4, -0.2) is 15.7 Å². The van der Waals surface area contributed by atoms with E-state index in [0.29, 0.717) is 13.0 Å². The van der Waals surface area contributed by atoms with Gasteiger partial charge in [-0.3, -0.25) is 9.48 Å². The third kappa shape index (κ3) is 2.38. The topological polar surface area (TPSA) is 60.9 Å².